The number of carboxylic acid groups (broad SMARTS) is 1. The Kier molecular flexibility index (Phi) is 64.3. The van der Waals surface area contributed by atoms with E-state index in [1.54, 1.807) is 0 Å². The highest BCUT2D eigenvalue weighted by atomic mass is 16.7. The van der Waals surface area contributed by atoms with Crippen LogP contribution in [0, 0.1) is 0 Å². The summed E-state index contributed by atoms with van der Waals surface area (Å²) in [6, 6.07) is 0. The largest absolute Gasteiger partial charge is 0.477 e. The maximum absolute atomic E-state index is 13.0. The van der Waals surface area contributed by atoms with Gasteiger partial charge in [-0.15, -0.1) is 0 Å². The van der Waals surface area contributed by atoms with Crippen molar-refractivity contribution in [3.8, 4) is 0 Å². The van der Waals surface area contributed by atoms with Gasteiger partial charge in [-0.05, 0) is 109 Å². The number of ether oxygens (including phenoxy) is 4. The zero-order valence-corrected chi connectivity index (χ0v) is 56.9. The molecule has 0 aromatic heterocycles. The average molecular weight is 1210 g/mol. The van der Waals surface area contributed by atoms with Gasteiger partial charge in [0.05, 0.1) is 34.4 Å². The quantitative estimate of drug-likeness (QED) is 0.0211. The van der Waals surface area contributed by atoms with Gasteiger partial charge in [-0.2, -0.15) is 0 Å². The second kappa shape index (κ2) is 67.6. The van der Waals surface area contributed by atoms with E-state index in [-0.39, 0.29) is 32.2 Å². The van der Waals surface area contributed by atoms with E-state index in [9.17, 15) is 19.5 Å². The number of aliphatic carboxylic acids is 1. The number of carbonyl (C=O) groups is 3. The van der Waals surface area contributed by atoms with Crippen molar-refractivity contribution in [3.63, 3.8) is 0 Å². The topological polar surface area (TPSA) is 108 Å². The maximum atomic E-state index is 13.0. The zero-order valence-electron chi connectivity index (χ0n) is 56.9. The molecule has 0 aromatic rings. The molecule has 1 N–H and O–H groups in total. The first-order valence-electron chi connectivity index (χ1n) is 35.7. The van der Waals surface area contributed by atoms with Crippen LogP contribution in [-0.2, 0) is 33.3 Å². The lowest BCUT2D eigenvalue weighted by atomic mass is 10.0. The summed E-state index contributed by atoms with van der Waals surface area (Å²) >= 11 is 0. The second-order valence-electron chi connectivity index (χ2n) is 24.8. The third-order valence-electron chi connectivity index (χ3n) is 15.2. The monoisotopic (exact) mass is 1210 g/mol. The van der Waals surface area contributed by atoms with E-state index in [1.807, 2.05) is 21.1 Å². The summed E-state index contributed by atoms with van der Waals surface area (Å²) in [5.41, 5.74) is 0. The van der Waals surface area contributed by atoms with Crippen LogP contribution in [0.15, 0.2) is 122 Å². The van der Waals surface area contributed by atoms with Crippen LogP contribution in [0.1, 0.15) is 296 Å². The van der Waals surface area contributed by atoms with Crippen LogP contribution < -0.4 is 0 Å². The van der Waals surface area contributed by atoms with Crippen molar-refractivity contribution in [1.29, 1.82) is 0 Å². The summed E-state index contributed by atoms with van der Waals surface area (Å²) in [7, 11) is 5.97. The Balaban J connectivity index is 4.15. The number of likely N-dealkylation sites (N-methyl/N-ethyl adjacent to an activating group) is 1. The van der Waals surface area contributed by atoms with Crippen LogP contribution in [0.25, 0.3) is 0 Å². The molecule has 0 aromatic carbocycles. The molecule has 0 aliphatic heterocycles. The molecule has 0 rings (SSSR count). The first kappa shape index (κ1) is 82.7. The molecule has 0 bridgehead atoms. The fourth-order valence-corrected chi connectivity index (χ4v) is 9.77. The fraction of sp³-hybridized carbons (Fsp3) is 0.705. The number of rotatable bonds is 65. The van der Waals surface area contributed by atoms with Gasteiger partial charge in [-0.25, -0.2) is 4.79 Å². The van der Waals surface area contributed by atoms with E-state index in [2.05, 4.69) is 135 Å². The van der Waals surface area contributed by atoms with E-state index >= 15 is 0 Å². The molecule has 2 atom stereocenters. The minimum atomic E-state index is -1.52. The second-order valence-corrected chi connectivity index (χ2v) is 24.8. The summed E-state index contributed by atoms with van der Waals surface area (Å²) in [5, 5.41) is 9.75. The lowest BCUT2D eigenvalue weighted by molar-refractivity contribution is -0.870. The van der Waals surface area contributed by atoms with Gasteiger partial charge in [-0.1, -0.05) is 296 Å². The van der Waals surface area contributed by atoms with E-state index in [1.165, 1.54) is 161 Å². The van der Waals surface area contributed by atoms with E-state index in [0.717, 1.165) is 103 Å². The Morgan fingerprint density at radius 1 is 0.356 bits per heavy atom. The number of carbonyl (C=O) groups excluding carboxylic acids is 2. The molecule has 0 aliphatic rings. The molecule has 2 unspecified atom stereocenters. The number of hydrogen-bond donors (Lipinski definition) is 1. The van der Waals surface area contributed by atoms with E-state index in [4.69, 9.17) is 18.9 Å². The standard InChI is InChI=1S/C78H133NO8/c1-6-8-10-12-14-16-18-20-22-24-26-28-30-32-34-36-37-38-39-41-43-45-47-49-51-53-55-57-59-61-63-65-67-69-76(81)87-74(73-86-78(77(82)83)84-71-70-79(3,4)5)72-85-75(80)68-66-64-62-60-58-56-54-52-50-48-46-44-42-40-35-33-31-29-27-25-23-21-19-17-15-13-11-9-7-2/h8,10,14,16,19-22,25-28,31-34,37-38,41,43,74,78H,6-7,9,11-13,15,17-18,23-24,29-30,35-36,39-40,42,44-73H2,1-5H3/p+1/b10-8-,16-14-,21-19-,22-20-,27-25-,28-26-,33-31-,34-32-,38-37-,43-41-. The normalized spacial score (nSPS) is 13.4. The molecule has 0 aliphatic carbocycles. The van der Waals surface area contributed by atoms with Gasteiger partial charge in [0.25, 0.3) is 6.29 Å². The molecular weight excluding hydrogens is 1080 g/mol. The zero-order chi connectivity index (χ0) is 63.3. The Bertz CT molecular complexity index is 1840. The van der Waals surface area contributed by atoms with Gasteiger partial charge in [0.1, 0.15) is 13.2 Å². The van der Waals surface area contributed by atoms with Crippen LogP contribution in [0.3, 0.4) is 0 Å². The lowest BCUT2D eigenvalue weighted by Crippen LogP contribution is -2.40. The smallest absolute Gasteiger partial charge is 0.361 e. The number of hydrogen-bond acceptors (Lipinski definition) is 7. The van der Waals surface area contributed by atoms with E-state index < -0.39 is 24.3 Å². The molecule has 9 heteroatoms. The SMILES string of the molecule is CC/C=C\C/C=C\C/C=C\C/C=C\C/C=C\C/C=C\C/C=C\CCCCCCCCCCCCCC(=O)OC(COC(=O)CCCCCCCCCCCCCCCC/C=C\C/C=C\C/C=C\CCCCCCC)COC(OCC[N+](C)(C)C)C(=O)O. The van der Waals surface area contributed by atoms with Crippen LogP contribution in [0.5, 0.6) is 0 Å². The molecule has 9 nitrogen and oxygen atoms in total. The summed E-state index contributed by atoms with van der Waals surface area (Å²) in [5.74, 6) is -2.01. The summed E-state index contributed by atoms with van der Waals surface area (Å²) in [6.45, 7) is 4.76. The van der Waals surface area contributed by atoms with Crippen molar-refractivity contribution < 1.29 is 42.9 Å². The van der Waals surface area contributed by atoms with Gasteiger partial charge >= 0.3 is 17.9 Å². The summed E-state index contributed by atoms with van der Waals surface area (Å²) in [6.07, 6.45) is 93.0. The van der Waals surface area contributed by atoms with Crippen LogP contribution in [-0.4, -0.2) is 87.4 Å². The van der Waals surface area contributed by atoms with Gasteiger partial charge in [-0.3, -0.25) is 9.59 Å². The lowest BCUT2D eigenvalue weighted by Gasteiger charge is -2.25. The number of esters is 2. The van der Waals surface area contributed by atoms with Gasteiger partial charge in [0.15, 0.2) is 6.10 Å². The molecular formula is C78H134NO8+. The van der Waals surface area contributed by atoms with Crippen molar-refractivity contribution in [2.75, 3.05) is 47.5 Å². The molecule has 0 spiro atoms. The fourth-order valence-electron chi connectivity index (χ4n) is 9.77. The predicted molar refractivity (Wildman–Crippen MR) is 373 cm³/mol. The molecule has 0 heterocycles. The minimum absolute atomic E-state index is 0.182. The highest BCUT2D eigenvalue weighted by Gasteiger charge is 2.25. The third kappa shape index (κ3) is 69.0. The molecule has 498 valence electrons. The Hall–Kier alpha value is -4.31. The maximum Gasteiger partial charge on any atom is 0.361 e. The van der Waals surface area contributed by atoms with Crippen molar-refractivity contribution in [2.45, 2.75) is 309 Å². The molecule has 0 amide bonds. The van der Waals surface area contributed by atoms with E-state index in [0.29, 0.717) is 23.9 Å². The van der Waals surface area contributed by atoms with Crippen LogP contribution in [0.2, 0.25) is 0 Å². The van der Waals surface area contributed by atoms with Crippen molar-refractivity contribution in [3.05, 3.63) is 122 Å². The number of unbranched alkanes of at least 4 members (excludes halogenated alkanes) is 30. The summed E-state index contributed by atoms with van der Waals surface area (Å²) in [4.78, 5) is 37.7. The average Bonchev–Trinajstić information content (AvgIpc) is 3.59. The third-order valence-corrected chi connectivity index (χ3v) is 15.2. The summed E-state index contributed by atoms with van der Waals surface area (Å²) < 4.78 is 23.0. The molecule has 87 heavy (non-hydrogen) atoms. The highest BCUT2D eigenvalue weighted by Crippen LogP contribution is 2.17. The van der Waals surface area contributed by atoms with Crippen molar-refractivity contribution in [1.82, 2.24) is 0 Å². The first-order chi connectivity index (χ1) is 42.6. The van der Waals surface area contributed by atoms with Gasteiger partial charge < -0.3 is 28.5 Å². The molecule has 0 radical (unpaired) electrons. The Morgan fingerprint density at radius 3 is 0.977 bits per heavy atom. The Morgan fingerprint density at radius 2 is 0.655 bits per heavy atom. The molecule has 0 saturated heterocycles. The van der Waals surface area contributed by atoms with Crippen molar-refractivity contribution >= 4 is 17.9 Å². The highest BCUT2D eigenvalue weighted by molar-refractivity contribution is 5.71. The Labute approximate surface area is 536 Å². The molecule has 0 saturated carbocycles. The molecule has 0 fully saturated rings. The number of quaternary nitrogens is 1. The first-order valence-corrected chi connectivity index (χ1v) is 35.7. The minimum Gasteiger partial charge on any atom is -0.477 e. The number of allylic oxidation sites excluding steroid dienone is 20. The van der Waals surface area contributed by atoms with Crippen molar-refractivity contribution in [2.24, 2.45) is 0 Å². The number of nitrogens with zero attached hydrogens (tertiary/aromatic N) is 1. The van der Waals surface area contributed by atoms with Crippen LogP contribution in [0.4, 0.5) is 0 Å². The predicted octanol–water partition coefficient (Wildman–Crippen LogP) is 22.4. The number of carboxylic acids is 1. The van der Waals surface area contributed by atoms with Crippen LogP contribution >= 0.6 is 0 Å². The van der Waals surface area contributed by atoms with Gasteiger partial charge in [0, 0.05) is 12.8 Å². The van der Waals surface area contributed by atoms with Gasteiger partial charge in [0.2, 0.25) is 0 Å².